The molecule has 0 unspecified atom stereocenters. The number of aliphatic imine (C=N–C) groups is 1. The molecule has 0 aromatic heterocycles. The summed E-state index contributed by atoms with van der Waals surface area (Å²) in [4.78, 5) is 4.53. The molecule has 1 heterocycles. The minimum atomic E-state index is -3.53. The maximum Gasteiger partial charge on any atom is 0.266 e. The van der Waals surface area contributed by atoms with E-state index in [1.807, 2.05) is 30.3 Å². The fraction of sp³-hybridized carbons (Fsp3) is 0.133. The van der Waals surface area contributed by atoms with E-state index in [0.717, 1.165) is 6.42 Å². The average Bonchev–Trinajstić information content (AvgIpc) is 2.48. The van der Waals surface area contributed by atoms with Crippen LogP contribution in [-0.2, 0) is 16.4 Å². The minimum Gasteiger partial charge on any atom is -0.324 e. The van der Waals surface area contributed by atoms with E-state index < -0.39 is 10.0 Å². The quantitative estimate of drug-likeness (QED) is 0.911. The number of hydrogen-bond acceptors (Lipinski definition) is 3. The molecule has 3 rings (SSSR count). The Morgan fingerprint density at radius 3 is 2.48 bits per heavy atom. The number of para-hydroxylation sites is 1. The van der Waals surface area contributed by atoms with Crippen LogP contribution in [0.1, 0.15) is 5.56 Å². The molecule has 1 aliphatic heterocycles. The third-order valence-electron chi connectivity index (χ3n) is 3.17. The Bertz CT molecular complexity index is 771. The first-order valence-electron chi connectivity index (χ1n) is 6.62. The standard InChI is InChI=1S/C15H15N3O2S/c19-21(20)14-9-5-4-8-13(14)17-15(18-21)16-11-10-12-6-2-1-3-7-12/h1-9H,10-11H2,(H2,16,17,18). The van der Waals surface area contributed by atoms with Crippen molar-refractivity contribution in [2.75, 3.05) is 11.9 Å². The van der Waals surface area contributed by atoms with Crippen LogP contribution in [0.3, 0.4) is 0 Å². The van der Waals surface area contributed by atoms with Crippen molar-refractivity contribution in [3.63, 3.8) is 0 Å². The topological polar surface area (TPSA) is 70.6 Å². The summed E-state index contributed by atoms with van der Waals surface area (Å²) in [5.41, 5.74) is 1.72. The van der Waals surface area contributed by atoms with Crippen molar-refractivity contribution in [2.24, 2.45) is 4.99 Å². The van der Waals surface area contributed by atoms with Crippen LogP contribution >= 0.6 is 0 Å². The Kier molecular flexibility index (Phi) is 3.62. The van der Waals surface area contributed by atoms with E-state index in [9.17, 15) is 8.42 Å². The van der Waals surface area contributed by atoms with Crippen LogP contribution in [0.5, 0.6) is 0 Å². The smallest absolute Gasteiger partial charge is 0.266 e. The predicted octanol–water partition coefficient (Wildman–Crippen LogP) is 1.99. The summed E-state index contributed by atoms with van der Waals surface area (Å²) >= 11 is 0. The highest BCUT2D eigenvalue weighted by Gasteiger charge is 2.25. The van der Waals surface area contributed by atoms with Crippen molar-refractivity contribution < 1.29 is 8.42 Å². The summed E-state index contributed by atoms with van der Waals surface area (Å²) in [5, 5.41) is 3.00. The third-order valence-corrected chi connectivity index (χ3v) is 4.57. The molecular weight excluding hydrogens is 286 g/mol. The number of sulfonamides is 1. The van der Waals surface area contributed by atoms with Crippen LogP contribution in [-0.4, -0.2) is 20.9 Å². The lowest BCUT2D eigenvalue weighted by Gasteiger charge is -2.21. The van der Waals surface area contributed by atoms with Gasteiger partial charge >= 0.3 is 0 Å². The predicted molar refractivity (Wildman–Crippen MR) is 82.8 cm³/mol. The second kappa shape index (κ2) is 5.57. The van der Waals surface area contributed by atoms with Crippen LogP contribution in [0.2, 0.25) is 0 Å². The van der Waals surface area contributed by atoms with Gasteiger partial charge in [-0.2, -0.15) is 0 Å². The second-order valence-corrected chi connectivity index (χ2v) is 6.34. The molecule has 0 fully saturated rings. The fourth-order valence-corrected chi connectivity index (χ4v) is 3.30. The van der Waals surface area contributed by atoms with Gasteiger partial charge in [-0.3, -0.25) is 4.99 Å². The molecule has 21 heavy (non-hydrogen) atoms. The van der Waals surface area contributed by atoms with Crippen LogP contribution in [0.4, 0.5) is 5.69 Å². The molecule has 0 atom stereocenters. The number of fused-ring (bicyclic) bond motifs is 1. The molecule has 0 radical (unpaired) electrons. The highest BCUT2D eigenvalue weighted by Crippen LogP contribution is 2.23. The van der Waals surface area contributed by atoms with Gasteiger partial charge in [-0.15, -0.1) is 0 Å². The van der Waals surface area contributed by atoms with Crippen LogP contribution < -0.4 is 10.0 Å². The lowest BCUT2D eigenvalue weighted by molar-refractivity contribution is 0.591. The Balaban J connectivity index is 1.75. The summed E-state index contributed by atoms with van der Waals surface area (Å²) in [6, 6.07) is 16.7. The maximum absolute atomic E-state index is 12.1. The number of rotatable bonds is 3. The van der Waals surface area contributed by atoms with E-state index in [0.29, 0.717) is 12.2 Å². The summed E-state index contributed by atoms with van der Waals surface area (Å²) in [7, 11) is -3.53. The monoisotopic (exact) mass is 301 g/mol. The first-order valence-corrected chi connectivity index (χ1v) is 8.11. The molecule has 0 saturated carbocycles. The molecule has 0 amide bonds. The number of guanidine groups is 1. The largest absolute Gasteiger partial charge is 0.324 e. The number of nitrogens with zero attached hydrogens (tertiary/aromatic N) is 1. The van der Waals surface area contributed by atoms with Crippen molar-refractivity contribution in [1.82, 2.24) is 4.72 Å². The Morgan fingerprint density at radius 2 is 1.67 bits per heavy atom. The number of hydrogen-bond donors (Lipinski definition) is 2. The van der Waals surface area contributed by atoms with Crippen molar-refractivity contribution in [2.45, 2.75) is 11.3 Å². The third kappa shape index (κ3) is 3.05. The highest BCUT2D eigenvalue weighted by molar-refractivity contribution is 7.90. The minimum absolute atomic E-state index is 0.243. The molecular formula is C15H15N3O2S. The summed E-state index contributed by atoms with van der Waals surface area (Å²) in [6.07, 6.45) is 0.759. The molecule has 2 N–H and O–H groups in total. The van der Waals surface area contributed by atoms with E-state index in [4.69, 9.17) is 0 Å². The van der Waals surface area contributed by atoms with Crippen LogP contribution in [0.25, 0.3) is 0 Å². The van der Waals surface area contributed by atoms with Gasteiger partial charge in [-0.05, 0) is 24.1 Å². The normalized spacial score (nSPS) is 17.6. The summed E-state index contributed by atoms with van der Waals surface area (Å²) in [5.74, 6) is 0.268. The van der Waals surface area contributed by atoms with Gasteiger partial charge in [0.15, 0.2) is 0 Å². The van der Waals surface area contributed by atoms with Gasteiger partial charge in [0, 0.05) is 6.54 Å². The molecule has 0 aliphatic carbocycles. The number of nitrogens with one attached hydrogen (secondary N) is 2. The number of anilines is 1. The molecule has 0 bridgehead atoms. The Hall–Kier alpha value is -2.34. The van der Waals surface area contributed by atoms with Crippen molar-refractivity contribution in [3.8, 4) is 0 Å². The van der Waals surface area contributed by atoms with Gasteiger partial charge < -0.3 is 5.32 Å². The van der Waals surface area contributed by atoms with Gasteiger partial charge in [-0.25, -0.2) is 13.1 Å². The summed E-state index contributed by atoms with van der Waals surface area (Å²) in [6.45, 7) is 0.511. The molecule has 0 spiro atoms. The second-order valence-electron chi connectivity index (χ2n) is 4.69. The van der Waals surface area contributed by atoms with E-state index >= 15 is 0 Å². The summed E-state index contributed by atoms with van der Waals surface area (Å²) < 4.78 is 26.6. The highest BCUT2D eigenvalue weighted by atomic mass is 32.2. The Labute approximate surface area is 123 Å². The molecule has 2 aromatic rings. The van der Waals surface area contributed by atoms with E-state index in [1.165, 1.54) is 5.56 Å². The van der Waals surface area contributed by atoms with Crippen molar-refractivity contribution in [3.05, 3.63) is 60.2 Å². The van der Waals surface area contributed by atoms with Gasteiger partial charge in [0.2, 0.25) is 5.96 Å². The maximum atomic E-state index is 12.1. The van der Waals surface area contributed by atoms with Crippen molar-refractivity contribution >= 4 is 21.7 Å². The van der Waals surface area contributed by atoms with Gasteiger partial charge in [0.1, 0.15) is 4.90 Å². The van der Waals surface area contributed by atoms with Crippen LogP contribution in [0.15, 0.2) is 64.5 Å². The van der Waals surface area contributed by atoms with Gasteiger partial charge in [-0.1, -0.05) is 42.5 Å². The molecule has 108 valence electrons. The number of benzene rings is 2. The lowest BCUT2D eigenvalue weighted by atomic mass is 10.2. The SMILES string of the molecule is O=S1(=O)NC(=NCCc2ccccc2)Nc2ccccc21. The zero-order valence-electron chi connectivity index (χ0n) is 11.3. The molecule has 1 aliphatic rings. The zero-order valence-corrected chi connectivity index (χ0v) is 12.1. The van der Waals surface area contributed by atoms with E-state index in [-0.39, 0.29) is 10.9 Å². The molecule has 0 saturated heterocycles. The first-order chi connectivity index (χ1) is 10.1. The van der Waals surface area contributed by atoms with E-state index in [2.05, 4.69) is 15.0 Å². The first kappa shape index (κ1) is 13.6. The van der Waals surface area contributed by atoms with Gasteiger partial charge in [0.05, 0.1) is 5.69 Å². The molecule has 5 nitrogen and oxygen atoms in total. The van der Waals surface area contributed by atoms with E-state index in [1.54, 1.807) is 24.3 Å². The lowest BCUT2D eigenvalue weighted by Crippen LogP contribution is -2.40. The van der Waals surface area contributed by atoms with Crippen molar-refractivity contribution in [1.29, 1.82) is 0 Å². The zero-order chi connectivity index (χ0) is 14.7. The van der Waals surface area contributed by atoms with Gasteiger partial charge in [0.25, 0.3) is 10.0 Å². The Morgan fingerprint density at radius 1 is 0.952 bits per heavy atom. The molecule has 6 heteroatoms. The molecule has 2 aromatic carbocycles. The average molecular weight is 301 g/mol. The van der Waals surface area contributed by atoms with Crippen LogP contribution in [0, 0.1) is 0 Å². The fourth-order valence-electron chi connectivity index (χ4n) is 2.15.